The number of benzene rings is 1. The summed E-state index contributed by atoms with van der Waals surface area (Å²) in [4.78, 5) is 22.6. The van der Waals surface area contributed by atoms with E-state index in [1.54, 1.807) is 0 Å². The van der Waals surface area contributed by atoms with Gasteiger partial charge in [-0.3, -0.25) is 19.6 Å². The van der Waals surface area contributed by atoms with Crippen LogP contribution in [0.25, 0.3) is 0 Å². The van der Waals surface area contributed by atoms with Crippen molar-refractivity contribution in [2.45, 2.75) is 37.9 Å². The van der Waals surface area contributed by atoms with Gasteiger partial charge in [-0.1, -0.05) is 0 Å². The van der Waals surface area contributed by atoms with Crippen molar-refractivity contribution in [2.24, 2.45) is 0 Å². The van der Waals surface area contributed by atoms with Crippen molar-refractivity contribution < 1.29 is 22.9 Å². The highest BCUT2D eigenvalue weighted by molar-refractivity contribution is 9.11. The van der Waals surface area contributed by atoms with E-state index in [0.29, 0.717) is 20.3 Å². The van der Waals surface area contributed by atoms with E-state index in [1.807, 2.05) is 0 Å². The average Bonchev–Trinajstić information content (AvgIpc) is 3.38. The lowest BCUT2D eigenvalue weighted by molar-refractivity contribution is -0.385. The first-order valence-electron chi connectivity index (χ1n) is 8.25. The molecule has 1 aliphatic rings. The van der Waals surface area contributed by atoms with Gasteiger partial charge in [0, 0.05) is 33.4 Å². The summed E-state index contributed by atoms with van der Waals surface area (Å²) >= 11 is 9.34. The SMILES string of the molecule is O=C(CCn1nc(C(F)(F)F)c(Br)c1C1CC1)Nc1c(Br)cc([N+](=O)[O-])cc1Br. The maximum absolute atomic E-state index is 13.1. The van der Waals surface area contributed by atoms with Crippen LogP contribution in [0.1, 0.15) is 36.6 Å². The van der Waals surface area contributed by atoms with Crippen molar-refractivity contribution in [3.63, 3.8) is 0 Å². The molecule has 1 aromatic carbocycles. The summed E-state index contributed by atoms with van der Waals surface area (Å²) in [5, 5.41) is 17.1. The van der Waals surface area contributed by atoms with Crippen LogP contribution in [0.15, 0.2) is 25.6 Å². The predicted molar refractivity (Wildman–Crippen MR) is 109 cm³/mol. The van der Waals surface area contributed by atoms with Crippen molar-refractivity contribution in [3.8, 4) is 0 Å². The standard InChI is InChI=1S/C16H12Br3F3N4O3/c17-9-5-8(26(28)29)6-10(18)13(9)23-11(27)3-4-25-14(7-1-2-7)12(19)15(24-25)16(20,21)22/h5-7H,1-4H2,(H,23,27). The Kier molecular flexibility index (Phi) is 6.39. The summed E-state index contributed by atoms with van der Waals surface area (Å²) in [5.74, 6) is -0.476. The second kappa shape index (κ2) is 8.34. The van der Waals surface area contributed by atoms with Crippen molar-refractivity contribution in [3.05, 3.63) is 47.1 Å². The second-order valence-electron chi connectivity index (χ2n) is 6.38. The Bertz CT molecular complexity index is 967. The molecule has 13 heteroatoms. The molecule has 0 saturated heterocycles. The molecule has 0 atom stereocenters. The monoisotopic (exact) mass is 602 g/mol. The molecule has 1 saturated carbocycles. The molecular formula is C16H12Br3F3N4O3. The summed E-state index contributed by atoms with van der Waals surface area (Å²) < 4.78 is 41.2. The van der Waals surface area contributed by atoms with Crippen LogP contribution in [0.5, 0.6) is 0 Å². The van der Waals surface area contributed by atoms with E-state index in [9.17, 15) is 28.1 Å². The zero-order chi connectivity index (χ0) is 21.5. The summed E-state index contributed by atoms with van der Waals surface area (Å²) in [6.45, 7) is -0.0332. The van der Waals surface area contributed by atoms with Crippen LogP contribution in [0.3, 0.4) is 0 Å². The van der Waals surface area contributed by atoms with Crippen LogP contribution in [0.4, 0.5) is 24.5 Å². The van der Waals surface area contributed by atoms with Gasteiger partial charge in [-0.2, -0.15) is 18.3 Å². The second-order valence-corrected chi connectivity index (χ2v) is 8.88. The maximum Gasteiger partial charge on any atom is 0.436 e. The number of anilines is 1. The number of nitrogens with one attached hydrogen (secondary N) is 1. The largest absolute Gasteiger partial charge is 0.436 e. The summed E-state index contributed by atoms with van der Waals surface area (Å²) in [6, 6.07) is 2.48. The Labute approximate surface area is 187 Å². The van der Waals surface area contributed by atoms with Crippen LogP contribution < -0.4 is 5.32 Å². The number of aromatic nitrogens is 2. The number of nitrogens with zero attached hydrogens (tertiary/aromatic N) is 3. The van der Waals surface area contributed by atoms with Crippen LogP contribution in [-0.2, 0) is 17.5 Å². The first-order chi connectivity index (χ1) is 13.5. The molecule has 29 heavy (non-hydrogen) atoms. The van der Waals surface area contributed by atoms with Crippen LogP contribution in [0.2, 0.25) is 0 Å². The number of aryl methyl sites for hydroxylation is 1. The zero-order valence-corrected chi connectivity index (χ0v) is 19.2. The number of carbonyl (C=O) groups is 1. The van der Waals surface area contributed by atoms with Crippen LogP contribution in [-0.4, -0.2) is 20.6 Å². The third kappa shape index (κ3) is 5.00. The van der Waals surface area contributed by atoms with E-state index in [4.69, 9.17) is 0 Å². The van der Waals surface area contributed by atoms with E-state index in [1.165, 1.54) is 16.8 Å². The fraction of sp³-hybridized carbons (Fsp3) is 0.375. The smallest absolute Gasteiger partial charge is 0.324 e. The van der Waals surface area contributed by atoms with Crippen molar-refractivity contribution in [1.29, 1.82) is 0 Å². The molecule has 3 rings (SSSR count). The Balaban J connectivity index is 1.74. The van der Waals surface area contributed by atoms with Gasteiger partial charge in [-0.05, 0) is 60.6 Å². The number of non-ortho nitro benzene ring substituents is 1. The third-order valence-corrected chi connectivity index (χ3v) is 6.25. The van der Waals surface area contributed by atoms with E-state index in [0.717, 1.165) is 12.8 Å². The molecule has 1 N–H and O–H groups in total. The first-order valence-corrected chi connectivity index (χ1v) is 10.6. The Morgan fingerprint density at radius 1 is 1.28 bits per heavy atom. The van der Waals surface area contributed by atoms with Crippen LogP contribution in [0, 0.1) is 10.1 Å². The molecule has 1 aromatic heterocycles. The van der Waals surface area contributed by atoms with Gasteiger partial charge in [0.25, 0.3) is 5.69 Å². The molecule has 1 amide bonds. The molecule has 2 aromatic rings. The quantitative estimate of drug-likeness (QED) is 0.323. The fourth-order valence-corrected chi connectivity index (χ4v) is 4.94. The maximum atomic E-state index is 13.1. The van der Waals surface area contributed by atoms with Gasteiger partial charge in [0.1, 0.15) is 0 Å². The van der Waals surface area contributed by atoms with Crippen molar-refractivity contribution in [1.82, 2.24) is 9.78 Å². The van der Waals surface area contributed by atoms with Gasteiger partial charge < -0.3 is 5.32 Å². The molecule has 1 fully saturated rings. The average molecular weight is 605 g/mol. The Hall–Kier alpha value is -1.47. The fourth-order valence-electron chi connectivity index (χ4n) is 2.75. The van der Waals surface area contributed by atoms with Crippen LogP contribution >= 0.6 is 47.8 Å². The normalized spacial score (nSPS) is 14.1. The van der Waals surface area contributed by atoms with Crippen molar-refractivity contribution >= 4 is 65.1 Å². The van der Waals surface area contributed by atoms with Gasteiger partial charge in [-0.25, -0.2) is 0 Å². The number of halogens is 6. The number of nitro benzene ring substituents is 1. The zero-order valence-electron chi connectivity index (χ0n) is 14.4. The summed E-state index contributed by atoms with van der Waals surface area (Å²) in [7, 11) is 0. The highest BCUT2D eigenvalue weighted by atomic mass is 79.9. The minimum absolute atomic E-state index is 0.00556. The third-order valence-electron chi connectivity index (χ3n) is 4.22. The molecule has 1 heterocycles. The Morgan fingerprint density at radius 2 is 1.86 bits per heavy atom. The molecule has 0 spiro atoms. The number of nitro groups is 1. The first kappa shape index (κ1) is 22.2. The minimum Gasteiger partial charge on any atom is -0.324 e. The van der Waals surface area contributed by atoms with E-state index < -0.39 is 22.7 Å². The van der Waals surface area contributed by atoms with Crippen molar-refractivity contribution in [2.75, 3.05) is 5.32 Å². The number of amides is 1. The molecule has 0 bridgehead atoms. The number of hydrogen-bond acceptors (Lipinski definition) is 4. The molecular weight excluding hydrogens is 593 g/mol. The lowest BCUT2D eigenvalue weighted by Crippen LogP contribution is -2.17. The summed E-state index contributed by atoms with van der Waals surface area (Å²) in [6.07, 6.45) is -3.17. The van der Waals surface area contributed by atoms with E-state index in [2.05, 4.69) is 58.2 Å². The number of carbonyl (C=O) groups excluding carboxylic acids is 1. The van der Waals surface area contributed by atoms with E-state index in [-0.39, 0.29) is 29.0 Å². The molecule has 0 unspecified atom stereocenters. The van der Waals surface area contributed by atoms with E-state index >= 15 is 0 Å². The highest BCUT2D eigenvalue weighted by Gasteiger charge is 2.41. The predicted octanol–water partition coefficient (Wildman–Crippen LogP) is 6.00. The van der Waals surface area contributed by atoms with Gasteiger partial charge in [0.2, 0.25) is 5.91 Å². The lowest BCUT2D eigenvalue weighted by atomic mass is 10.2. The summed E-state index contributed by atoms with van der Waals surface area (Å²) in [5.41, 5.74) is -0.430. The molecule has 156 valence electrons. The molecule has 0 aliphatic heterocycles. The van der Waals surface area contributed by atoms with Gasteiger partial charge in [-0.15, -0.1) is 0 Å². The Morgan fingerprint density at radius 3 is 2.34 bits per heavy atom. The topological polar surface area (TPSA) is 90.1 Å². The van der Waals surface area contributed by atoms with Gasteiger partial charge in [0.05, 0.1) is 27.3 Å². The molecule has 7 nitrogen and oxygen atoms in total. The minimum atomic E-state index is -4.59. The van der Waals surface area contributed by atoms with Gasteiger partial charge >= 0.3 is 6.18 Å². The lowest BCUT2D eigenvalue weighted by Gasteiger charge is -2.11. The number of alkyl halides is 3. The molecule has 0 radical (unpaired) electrons. The van der Waals surface area contributed by atoms with Gasteiger partial charge in [0.15, 0.2) is 5.69 Å². The highest BCUT2D eigenvalue weighted by Crippen LogP contribution is 2.47. The molecule has 1 aliphatic carbocycles. The number of rotatable bonds is 6. The number of hydrogen-bond donors (Lipinski definition) is 1.